The molecule has 2 rings (SSSR count). The highest BCUT2D eigenvalue weighted by molar-refractivity contribution is 6.31. The monoisotopic (exact) mass is 264 g/mol. The van der Waals surface area contributed by atoms with Gasteiger partial charge in [0.1, 0.15) is 5.82 Å². The van der Waals surface area contributed by atoms with Crippen LogP contribution in [-0.2, 0) is 6.54 Å². The summed E-state index contributed by atoms with van der Waals surface area (Å²) in [5, 5.41) is 3.92. The molecule has 0 saturated carbocycles. The number of aromatic nitrogens is 3. The molecule has 0 aliphatic rings. The van der Waals surface area contributed by atoms with Crippen LogP contribution in [0.4, 0.5) is 0 Å². The van der Waals surface area contributed by atoms with Crippen LogP contribution in [0.25, 0.3) is 0 Å². The SMILES string of the molecule is CCCn1ccnc1C(NC)c1ccncc1Cl. The van der Waals surface area contributed by atoms with Gasteiger partial charge in [0.2, 0.25) is 0 Å². The number of rotatable bonds is 5. The topological polar surface area (TPSA) is 42.7 Å². The summed E-state index contributed by atoms with van der Waals surface area (Å²) in [7, 11) is 1.91. The summed E-state index contributed by atoms with van der Waals surface area (Å²) in [6, 6.07) is 1.91. The van der Waals surface area contributed by atoms with Crippen LogP contribution in [0.15, 0.2) is 30.9 Å². The van der Waals surface area contributed by atoms with Crippen LogP contribution in [0.5, 0.6) is 0 Å². The van der Waals surface area contributed by atoms with Gasteiger partial charge in [0.25, 0.3) is 0 Å². The van der Waals surface area contributed by atoms with E-state index in [1.165, 1.54) is 0 Å². The van der Waals surface area contributed by atoms with Crippen molar-refractivity contribution in [1.29, 1.82) is 0 Å². The van der Waals surface area contributed by atoms with Crippen molar-refractivity contribution in [2.45, 2.75) is 25.9 Å². The Morgan fingerprint density at radius 3 is 2.94 bits per heavy atom. The molecule has 1 unspecified atom stereocenters. The molecule has 0 spiro atoms. The zero-order valence-corrected chi connectivity index (χ0v) is 11.4. The lowest BCUT2D eigenvalue weighted by molar-refractivity contribution is 0.568. The lowest BCUT2D eigenvalue weighted by Gasteiger charge is -2.18. The smallest absolute Gasteiger partial charge is 0.130 e. The fourth-order valence-corrected chi connectivity index (χ4v) is 2.28. The normalized spacial score (nSPS) is 12.6. The van der Waals surface area contributed by atoms with Crippen molar-refractivity contribution in [2.75, 3.05) is 7.05 Å². The summed E-state index contributed by atoms with van der Waals surface area (Å²) >= 11 is 6.20. The van der Waals surface area contributed by atoms with E-state index in [0.717, 1.165) is 24.4 Å². The molecule has 96 valence electrons. The molecule has 1 atom stereocenters. The van der Waals surface area contributed by atoms with Crippen molar-refractivity contribution in [2.24, 2.45) is 0 Å². The second kappa shape index (κ2) is 5.98. The van der Waals surface area contributed by atoms with Gasteiger partial charge in [-0.2, -0.15) is 0 Å². The minimum Gasteiger partial charge on any atom is -0.333 e. The maximum absolute atomic E-state index is 6.20. The largest absolute Gasteiger partial charge is 0.333 e. The van der Waals surface area contributed by atoms with Gasteiger partial charge in [-0.05, 0) is 25.1 Å². The number of nitrogens with zero attached hydrogens (tertiary/aromatic N) is 3. The average molecular weight is 265 g/mol. The van der Waals surface area contributed by atoms with Gasteiger partial charge in [0.15, 0.2) is 0 Å². The molecule has 0 radical (unpaired) electrons. The molecule has 4 nitrogen and oxygen atoms in total. The fourth-order valence-electron chi connectivity index (χ4n) is 2.05. The summed E-state index contributed by atoms with van der Waals surface area (Å²) in [4.78, 5) is 8.46. The van der Waals surface area contributed by atoms with Gasteiger partial charge in [-0.25, -0.2) is 4.98 Å². The molecular formula is C13H17ClN4. The molecule has 2 aromatic heterocycles. The van der Waals surface area contributed by atoms with Crippen molar-refractivity contribution in [3.8, 4) is 0 Å². The van der Waals surface area contributed by atoms with Crippen LogP contribution in [0.1, 0.15) is 30.8 Å². The van der Waals surface area contributed by atoms with Crippen LogP contribution >= 0.6 is 11.6 Å². The molecule has 0 amide bonds. The Morgan fingerprint density at radius 1 is 1.44 bits per heavy atom. The molecule has 0 bridgehead atoms. The van der Waals surface area contributed by atoms with E-state index in [2.05, 4.69) is 26.8 Å². The van der Waals surface area contributed by atoms with E-state index in [9.17, 15) is 0 Å². The minimum atomic E-state index is -0.0120. The van der Waals surface area contributed by atoms with Crippen LogP contribution < -0.4 is 5.32 Å². The highest BCUT2D eigenvalue weighted by Crippen LogP contribution is 2.26. The van der Waals surface area contributed by atoms with Crippen molar-refractivity contribution < 1.29 is 0 Å². The van der Waals surface area contributed by atoms with Gasteiger partial charge in [-0.15, -0.1) is 0 Å². The summed E-state index contributed by atoms with van der Waals surface area (Å²) < 4.78 is 2.15. The third kappa shape index (κ3) is 2.54. The molecule has 2 aromatic rings. The standard InChI is InChI=1S/C13H17ClN4/c1-3-7-18-8-6-17-13(18)12(15-2)10-4-5-16-9-11(10)14/h4-6,8-9,12,15H,3,7H2,1-2H3. The number of aryl methyl sites for hydroxylation is 1. The quantitative estimate of drug-likeness (QED) is 0.903. The molecule has 1 N–H and O–H groups in total. The predicted molar refractivity (Wildman–Crippen MR) is 72.7 cm³/mol. The molecule has 0 aromatic carbocycles. The van der Waals surface area contributed by atoms with Crippen LogP contribution in [0.3, 0.4) is 0 Å². The molecule has 0 saturated heterocycles. The van der Waals surface area contributed by atoms with E-state index >= 15 is 0 Å². The minimum absolute atomic E-state index is 0.0120. The summed E-state index contributed by atoms with van der Waals surface area (Å²) in [6.07, 6.45) is 8.31. The molecular weight excluding hydrogens is 248 g/mol. The van der Waals surface area contributed by atoms with Crippen LogP contribution in [0, 0.1) is 0 Å². The highest BCUT2D eigenvalue weighted by Gasteiger charge is 2.19. The second-order valence-electron chi connectivity index (χ2n) is 4.10. The van der Waals surface area contributed by atoms with Gasteiger partial charge in [0, 0.05) is 31.3 Å². The predicted octanol–water partition coefficient (Wildman–Crippen LogP) is 2.65. The van der Waals surface area contributed by atoms with E-state index < -0.39 is 0 Å². The van der Waals surface area contributed by atoms with Crippen molar-refractivity contribution in [3.63, 3.8) is 0 Å². The van der Waals surface area contributed by atoms with Gasteiger partial charge in [-0.1, -0.05) is 18.5 Å². The summed E-state index contributed by atoms with van der Waals surface area (Å²) in [5.74, 6) is 0.979. The number of pyridine rings is 1. The molecule has 0 fully saturated rings. The Labute approximate surface area is 112 Å². The first-order chi connectivity index (χ1) is 8.77. The van der Waals surface area contributed by atoms with E-state index in [-0.39, 0.29) is 6.04 Å². The lowest BCUT2D eigenvalue weighted by atomic mass is 10.1. The van der Waals surface area contributed by atoms with Crippen molar-refractivity contribution >= 4 is 11.6 Å². The lowest BCUT2D eigenvalue weighted by Crippen LogP contribution is -2.22. The zero-order chi connectivity index (χ0) is 13.0. The molecule has 5 heteroatoms. The molecule has 18 heavy (non-hydrogen) atoms. The third-order valence-electron chi connectivity index (χ3n) is 2.87. The second-order valence-corrected chi connectivity index (χ2v) is 4.50. The Bertz CT molecular complexity index is 509. The summed E-state index contributed by atoms with van der Waals surface area (Å²) in [5.41, 5.74) is 0.998. The first-order valence-corrected chi connectivity index (χ1v) is 6.43. The molecule has 0 aliphatic heterocycles. The van der Waals surface area contributed by atoms with E-state index in [0.29, 0.717) is 5.02 Å². The number of halogens is 1. The zero-order valence-electron chi connectivity index (χ0n) is 10.6. The van der Waals surface area contributed by atoms with Crippen LogP contribution in [0.2, 0.25) is 5.02 Å². The Hall–Kier alpha value is -1.39. The number of imidazole rings is 1. The first kappa shape index (κ1) is 13.1. The van der Waals surface area contributed by atoms with Gasteiger partial charge in [0.05, 0.1) is 11.1 Å². The maximum Gasteiger partial charge on any atom is 0.130 e. The van der Waals surface area contributed by atoms with Crippen molar-refractivity contribution in [1.82, 2.24) is 19.9 Å². The third-order valence-corrected chi connectivity index (χ3v) is 3.19. The maximum atomic E-state index is 6.20. The Morgan fingerprint density at radius 2 is 2.28 bits per heavy atom. The number of nitrogens with one attached hydrogen (secondary N) is 1. The van der Waals surface area contributed by atoms with Crippen molar-refractivity contribution in [3.05, 3.63) is 47.3 Å². The number of hydrogen-bond acceptors (Lipinski definition) is 3. The fraction of sp³-hybridized carbons (Fsp3) is 0.385. The van der Waals surface area contributed by atoms with Gasteiger partial charge < -0.3 is 9.88 Å². The number of hydrogen-bond donors (Lipinski definition) is 1. The average Bonchev–Trinajstić information content (AvgIpc) is 2.82. The Kier molecular flexibility index (Phi) is 4.33. The van der Waals surface area contributed by atoms with E-state index in [1.807, 2.05) is 25.5 Å². The van der Waals surface area contributed by atoms with E-state index in [1.54, 1.807) is 12.4 Å². The van der Waals surface area contributed by atoms with Gasteiger partial charge in [-0.3, -0.25) is 4.98 Å². The first-order valence-electron chi connectivity index (χ1n) is 6.05. The van der Waals surface area contributed by atoms with Gasteiger partial charge >= 0.3 is 0 Å². The highest BCUT2D eigenvalue weighted by atomic mass is 35.5. The molecule has 2 heterocycles. The van der Waals surface area contributed by atoms with E-state index in [4.69, 9.17) is 11.6 Å². The van der Waals surface area contributed by atoms with Crippen LogP contribution in [-0.4, -0.2) is 21.6 Å². The Balaban J connectivity index is 2.39. The molecule has 0 aliphatic carbocycles. The summed E-state index contributed by atoms with van der Waals surface area (Å²) in [6.45, 7) is 3.10.